The molecular formula is C16H23BrN2O. The van der Waals surface area contributed by atoms with Gasteiger partial charge >= 0.3 is 0 Å². The molecule has 1 aromatic carbocycles. The summed E-state index contributed by atoms with van der Waals surface area (Å²) < 4.78 is 0. The molecule has 0 spiro atoms. The molecule has 1 saturated heterocycles. The highest BCUT2D eigenvalue weighted by Crippen LogP contribution is 2.12. The van der Waals surface area contributed by atoms with Gasteiger partial charge in [0.25, 0.3) is 5.91 Å². The number of benzene rings is 1. The number of likely N-dealkylation sites (tertiary alicyclic amines) is 1. The maximum atomic E-state index is 12.1. The lowest BCUT2D eigenvalue weighted by molar-refractivity contribution is 0.0952. The largest absolute Gasteiger partial charge is 0.352 e. The lowest BCUT2D eigenvalue weighted by Gasteiger charge is -2.14. The third-order valence-electron chi connectivity index (χ3n) is 3.79. The first-order chi connectivity index (χ1) is 9.81. The number of carbonyl (C=O) groups is 1. The monoisotopic (exact) mass is 338 g/mol. The summed E-state index contributed by atoms with van der Waals surface area (Å²) >= 11 is 3.42. The summed E-state index contributed by atoms with van der Waals surface area (Å²) in [6.07, 6.45) is 4.92. The Balaban J connectivity index is 1.67. The first-order valence-electron chi connectivity index (χ1n) is 7.45. The zero-order chi connectivity index (χ0) is 14.2. The molecule has 1 aliphatic rings. The second kappa shape index (κ2) is 8.42. The maximum Gasteiger partial charge on any atom is 0.251 e. The van der Waals surface area contributed by atoms with Crippen LogP contribution in [0.15, 0.2) is 24.3 Å². The number of nitrogens with one attached hydrogen (secondary N) is 1. The molecule has 1 fully saturated rings. The van der Waals surface area contributed by atoms with Crippen molar-refractivity contribution in [3.63, 3.8) is 0 Å². The standard InChI is InChI=1S/C16H23BrN2O/c17-13-14-7-1-2-8-15(14)16(20)18-9-3-4-10-19-11-5-6-12-19/h1-2,7-8H,3-6,9-13H2,(H,18,20). The number of carbonyl (C=O) groups excluding carboxylic acids is 1. The summed E-state index contributed by atoms with van der Waals surface area (Å²) in [5, 5.41) is 3.73. The zero-order valence-electron chi connectivity index (χ0n) is 11.9. The highest BCUT2D eigenvalue weighted by molar-refractivity contribution is 9.08. The number of unbranched alkanes of at least 4 members (excludes halogenated alkanes) is 1. The van der Waals surface area contributed by atoms with Crippen molar-refractivity contribution in [1.29, 1.82) is 0 Å². The SMILES string of the molecule is O=C(NCCCCN1CCCC1)c1ccccc1CBr. The van der Waals surface area contributed by atoms with E-state index in [1.54, 1.807) is 0 Å². The third-order valence-corrected chi connectivity index (χ3v) is 4.40. The first kappa shape index (κ1) is 15.5. The van der Waals surface area contributed by atoms with E-state index in [-0.39, 0.29) is 5.91 Å². The van der Waals surface area contributed by atoms with Crippen LogP contribution in [-0.4, -0.2) is 37.0 Å². The Morgan fingerprint density at radius 3 is 2.70 bits per heavy atom. The van der Waals surface area contributed by atoms with Crippen molar-refractivity contribution in [3.05, 3.63) is 35.4 Å². The van der Waals surface area contributed by atoms with Crippen LogP contribution in [0.4, 0.5) is 0 Å². The van der Waals surface area contributed by atoms with Gasteiger partial charge in [-0.3, -0.25) is 4.79 Å². The van der Waals surface area contributed by atoms with E-state index in [1.807, 2.05) is 24.3 Å². The molecule has 110 valence electrons. The van der Waals surface area contributed by atoms with E-state index in [9.17, 15) is 4.79 Å². The summed E-state index contributed by atoms with van der Waals surface area (Å²) in [5.41, 5.74) is 1.82. The Morgan fingerprint density at radius 2 is 1.95 bits per heavy atom. The fourth-order valence-electron chi connectivity index (χ4n) is 2.62. The summed E-state index contributed by atoms with van der Waals surface area (Å²) in [5.74, 6) is 0.0428. The van der Waals surface area contributed by atoms with Gasteiger partial charge in [-0.05, 0) is 56.9 Å². The summed E-state index contributed by atoms with van der Waals surface area (Å²) in [6, 6.07) is 7.74. The van der Waals surface area contributed by atoms with Crippen LogP contribution in [0.25, 0.3) is 0 Å². The van der Waals surface area contributed by atoms with Crippen LogP contribution >= 0.6 is 15.9 Å². The quantitative estimate of drug-likeness (QED) is 0.611. The van der Waals surface area contributed by atoms with Crippen molar-refractivity contribution >= 4 is 21.8 Å². The van der Waals surface area contributed by atoms with Gasteiger partial charge in [-0.1, -0.05) is 34.1 Å². The van der Waals surface area contributed by atoms with Crippen LogP contribution in [0.2, 0.25) is 0 Å². The van der Waals surface area contributed by atoms with E-state index in [0.29, 0.717) is 5.33 Å². The molecule has 0 atom stereocenters. The van der Waals surface area contributed by atoms with Crippen molar-refractivity contribution in [2.75, 3.05) is 26.2 Å². The van der Waals surface area contributed by atoms with Crippen LogP contribution in [0, 0.1) is 0 Å². The molecule has 0 aliphatic carbocycles. The number of rotatable bonds is 7. The molecule has 1 aliphatic heterocycles. The first-order valence-corrected chi connectivity index (χ1v) is 8.58. The molecule has 1 aromatic rings. The zero-order valence-corrected chi connectivity index (χ0v) is 13.5. The van der Waals surface area contributed by atoms with Crippen LogP contribution in [0.3, 0.4) is 0 Å². The predicted octanol–water partition coefficient (Wildman–Crippen LogP) is 3.19. The van der Waals surface area contributed by atoms with E-state index >= 15 is 0 Å². The number of hydrogen-bond donors (Lipinski definition) is 1. The fourth-order valence-corrected chi connectivity index (χ4v) is 3.11. The van der Waals surface area contributed by atoms with E-state index in [1.165, 1.54) is 38.9 Å². The lowest BCUT2D eigenvalue weighted by atomic mass is 10.1. The maximum absolute atomic E-state index is 12.1. The molecule has 0 aromatic heterocycles. The van der Waals surface area contributed by atoms with Crippen LogP contribution in [0.1, 0.15) is 41.6 Å². The molecule has 1 N–H and O–H groups in total. The number of halogens is 1. The van der Waals surface area contributed by atoms with Gasteiger partial charge in [0.1, 0.15) is 0 Å². The Labute approximate surface area is 129 Å². The summed E-state index contributed by atoms with van der Waals surface area (Å²) in [7, 11) is 0. The van der Waals surface area contributed by atoms with Gasteiger partial charge in [0.05, 0.1) is 0 Å². The van der Waals surface area contributed by atoms with Crippen molar-refractivity contribution < 1.29 is 4.79 Å². The molecule has 1 heterocycles. The fraction of sp³-hybridized carbons (Fsp3) is 0.562. The molecular weight excluding hydrogens is 316 g/mol. The van der Waals surface area contributed by atoms with Crippen LogP contribution < -0.4 is 5.32 Å². The summed E-state index contributed by atoms with van der Waals surface area (Å²) in [6.45, 7) is 4.45. The van der Waals surface area contributed by atoms with Gasteiger partial charge < -0.3 is 10.2 Å². The number of hydrogen-bond acceptors (Lipinski definition) is 2. The highest BCUT2D eigenvalue weighted by Gasteiger charge is 2.11. The topological polar surface area (TPSA) is 32.3 Å². The number of alkyl halides is 1. The van der Waals surface area contributed by atoms with Crippen LogP contribution in [0.5, 0.6) is 0 Å². The van der Waals surface area contributed by atoms with Gasteiger partial charge in [-0.15, -0.1) is 0 Å². The summed E-state index contributed by atoms with van der Waals surface area (Å²) in [4.78, 5) is 14.6. The molecule has 0 unspecified atom stereocenters. The second-order valence-electron chi connectivity index (χ2n) is 5.30. The van der Waals surface area contributed by atoms with Crippen molar-refractivity contribution in [1.82, 2.24) is 10.2 Å². The van der Waals surface area contributed by atoms with E-state index < -0.39 is 0 Å². The van der Waals surface area contributed by atoms with E-state index in [0.717, 1.165) is 24.1 Å². The second-order valence-corrected chi connectivity index (χ2v) is 5.86. The smallest absolute Gasteiger partial charge is 0.251 e. The van der Waals surface area contributed by atoms with Gasteiger partial charge in [-0.2, -0.15) is 0 Å². The Morgan fingerprint density at radius 1 is 1.20 bits per heavy atom. The number of amides is 1. The minimum Gasteiger partial charge on any atom is -0.352 e. The van der Waals surface area contributed by atoms with E-state index in [2.05, 4.69) is 26.1 Å². The Hall–Kier alpha value is -0.870. The average molecular weight is 339 g/mol. The lowest BCUT2D eigenvalue weighted by Crippen LogP contribution is -2.26. The van der Waals surface area contributed by atoms with Crippen molar-refractivity contribution in [2.24, 2.45) is 0 Å². The van der Waals surface area contributed by atoms with Gasteiger partial charge in [-0.25, -0.2) is 0 Å². The van der Waals surface area contributed by atoms with Gasteiger partial charge in [0.15, 0.2) is 0 Å². The minimum absolute atomic E-state index is 0.0428. The average Bonchev–Trinajstić information content (AvgIpc) is 3.00. The molecule has 0 saturated carbocycles. The van der Waals surface area contributed by atoms with E-state index in [4.69, 9.17) is 0 Å². The van der Waals surface area contributed by atoms with Gasteiger partial charge in [0, 0.05) is 17.4 Å². The van der Waals surface area contributed by atoms with Crippen molar-refractivity contribution in [3.8, 4) is 0 Å². The molecule has 4 heteroatoms. The normalized spacial score (nSPS) is 15.4. The molecule has 0 radical (unpaired) electrons. The Kier molecular flexibility index (Phi) is 6.54. The third kappa shape index (κ3) is 4.60. The molecule has 1 amide bonds. The molecule has 2 rings (SSSR count). The van der Waals surface area contributed by atoms with Crippen LogP contribution in [-0.2, 0) is 5.33 Å². The van der Waals surface area contributed by atoms with Crippen molar-refractivity contribution in [2.45, 2.75) is 31.0 Å². The van der Waals surface area contributed by atoms with Gasteiger partial charge in [0.2, 0.25) is 0 Å². The minimum atomic E-state index is 0.0428. The molecule has 20 heavy (non-hydrogen) atoms. The number of nitrogens with zero attached hydrogens (tertiary/aromatic N) is 1. The predicted molar refractivity (Wildman–Crippen MR) is 86.3 cm³/mol. The Bertz CT molecular complexity index is 430. The molecule has 0 bridgehead atoms. The molecule has 3 nitrogen and oxygen atoms in total. The highest BCUT2D eigenvalue weighted by atomic mass is 79.9.